The Morgan fingerprint density at radius 2 is 1.15 bits per heavy atom. The van der Waals surface area contributed by atoms with Gasteiger partial charge in [-0.2, -0.15) is 0 Å². The molecule has 13 heteroatoms. The van der Waals surface area contributed by atoms with Gasteiger partial charge in [0.1, 0.15) is 26.3 Å². The van der Waals surface area contributed by atoms with Gasteiger partial charge in [0.05, 0.1) is 17.1 Å². The molecule has 0 aliphatic carbocycles. The first-order chi connectivity index (χ1) is 21.9. The van der Waals surface area contributed by atoms with Crippen molar-refractivity contribution in [3.8, 4) is 0 Å². The van der Waals surface area contributed by atoms with Crippen molar-refractivity contribution >= 4 is 40.6 Å². The molecular formula is C34H49IN6O6. The fourth-order valence-corrected chi connectivity index (χ4v) is 7.17. The highest BCUT2D eigenvalue weighted by Crippen LogP contribution is 2.46. The highest BCUT2D eigenvalue weighted by atomic mass is 127. The van der Waals surface area contributed by atoms with Gasteiger partial charge in [-0.3, -0.25) is 19.7 Å². The number of Topliss-reactive ketones (excluding diaryl/α,β-unsaturated/α-hetero) is 1. The minimum absolute atomic E-state index is 0.00462. The zero-order chi connectivity index (χ0) is 34.7. The van der Waals surface area contributed by atoms with E-state index in [9.17, 15) is 19.5 Å². The predicted molar refractivity (Wildman–Crippen MR) is 183 cm³/mol. The molecule has 4 atom stereocenters. The fraction of sp³-hybridized carbons (Fsp3) is 0.676. The second-order valence-electron chi connectivity index (χ2n) is 14.9. The third-order valence-corrected chi connectivity index (χ3v) is 9.72. The van der Waals surface area contributed by atoms with Crippen LogP contribution in [0.2, 0.25) is 0 Å². The Labute approximate surface area is 291 Å². The number of aliphatic hydroxyl groups is 1. The van der Waals surface area contributed by atoms with Crippen LogP contribution in [0.3, 0.4) is 0 Å². The fourth-order valence-electron chi connectivity index (χ4n) is 6.87. The highest BCUT2D eigenvalue weighted by Gasteiger charge is 2.52. The van der Waals surface area contributed by atoms with Gasteiger partial charge in [-0.05, 0) is 104 Å². The molecule has 4 aliphatic rings. The number of aryl methyl sites for hydroxylation is 2. The maximum atomic E-state index is 12.5. The summed E-state index contributed by atoms with van der Waals surface area (Å²) in [5.74, 6) is 0.285. The number of hydrogen-bond acceptors (Lipinski definition) is 10. The van der Waals surface area contributed by atoms with Gasteiger partial charge in [0.2, 0.25) is 0 Å². The SMILES string of the molecule is CC(C)(C)OC(=O)N1C2CCC1CC(=O)C2.Cc1nccnc1C1(O)CC2CCC(C1)N2C(=O)OC(C)(C)C.Cc1nccnc1I. The first kappa shape index (κ1) is 36.9. The molecule has 2 aromatic heterocycles. The second kappa shape index (κ2) is 14.7. The highest BCUT2D eigenvalue weighted by molar-refractivity contribution is 14.1. The van der Waals surface area contributed by atoms with Gasteiger partial charge in [0.15, 0.2) is 0 Å². The molecule has 2 aromatic rings. The number of halogens is 1. The van der Waals surface area contributed by atoms with Gasteiger partial charge in [-0.25, -0.2) is 14.6 Å². The number of carbonyl (C=O) groups is 3. The van der Waals surface area contributed by atoms with Gasteiger partial charge < -0.3 is 24.4 Å². The Balaban J connectivity index is 0.000000180. The number of ether oxygens (including phenoxy) is 2. The average molecular weight is 765 g/mol. The van der Waals surface area contributed by atoms with Crippen LogP contribution in [0.5, 0.6) is 0 Å². The van der Waals surface area contributed by atoms with Crippen LogP contribution in [0, 0.1) is 17.5 Å². The summed E-state index contributed by atoms with van der Waals surface area (Å²) in [6.45, 7) is 15.0. The van der Waals surface area contributed by atoms with E-state index in [2.05, 4.69) is 42.5 Å². The Bertz CT molecular complexity index is 1390. The lowest BCUT2D eigenvalue weighted by Crippen LogP contribution is -2.53. The molecule has 4 unspecified atom stereocenters. The minimum Gasteiger partial charge on any atom is -0.444 e. The van der Waals surface area contributed by atoms with Crippen LogP contribution in [-0.4, -0.2) is 88.2 Å². The monoisotopic (exact) mass is 764 g/mol. The first-order valence-electron chi connectivity index (χ1n) is 16.3. The molecule has 0 radical (unpaired) electrons. The Kier molecular flexibility index (Phi) is 11.5. The van der Waals surface area contributed by atoms with Crippen molar-refractivity contribution < 1.29 is 29.0 Å². The number of piperidine rings is 2. The quantitative estimate of drug-likeness (QED) is 0.341. The number of nitrogens with zero attached hydrogens (tertiary/aromatic N) is 6. The Morgan fingerprint density at radius 3 is 1.55 bits per heavy atom. The number of aromatic nitrogens is 4. The maximum absolute atomic E-state index is 12.5. The zero-order valence-corrected chi connectivity index (χ0v) is 31.0. The van der Waals surface area contributed by atoms with Crippen molar-refractivity contribution in [2.24, 2.45) is 0 Å². The molecule has 0 aromatic carbocycles. The summed E-state index contributed by atoms with van der Waals surface area (Å²) in [5, 5.41) is 11.2. The molecule has 6 heterocycles. The van der Waals surface area contributed by atoms with Crippen LogP contribution in [0.15, 0.2) is 24.8 Å². The van der Waals surface area contributed by atoms with Gasteiger partial charge in [-0.1, -0.05) is 0 Å². The van der Waals surface area contributed by atoms with Crippen LogP contribution < -0.4 is 0 Å². The van der Waals surface area contributed by atoms with Crippen LogP contribution in [0.1, 0.15) is 110 Å². The van der Waals surface area contributed by atoms with Gasteiger partial charge >= 0.3 is 12.2 Å². The number of fused-ring (bicyclic) bond motifs is 4. The third kappa shape index (κ3) is 9.58. The van der Waals surface area contributed by atoms with Crippen molar-refractivity contribution in [2.45, 2.75) is 148 Å². The minimum atomic E-state index is -1.01. The van der Waals surface area contributed by atoms with Crippen molar-refractivity contribution in [3.63, 3.8) is 0 Å². The summed E-state index contributed by atoms with van der Waals surface area (Å²) in [4.78, 5) is 56.1. The molecule has 0 spiro atoms. The third-order valence-electron chi connectivity index (χ3n) is 8.66. The van der Waals surface area contributed by atoms with Crippen molar-refractivity contribution in [1.82, 2.24) is 29.7 Å². The molecule has 1 N–H and O–H groups in total. The summed E-state index contributed by atoms with van der Waals surface area (Å²) in [6, 6.07) is 0.159. The van der Waals surface area contributed by atoms with Crippen LogP contribution >= 0.6 is 22.6 Å². The molecule has 258 valence electrons. The molecule has 6 rings (SSSR count). The van der Waals surface area contributed by atoms with E-state index in [1.165, 1.54) is 0 Å². The molecule has 4 fully saturated rings. The van der Waals surface area contributed by atoms with E-state index in [1.807, 2.05) is 60.3 Å². The molecule has 2 amide bonds. The molecule has 12 nitrogen and oxygen atoms in total. The summed E-state index contributed by atoms with van der Waals surface area (Å²) in [7, 11) is 0. The Hall–Kier alpha value is -2.94. The van der Waals surface area contributed by atoms with E-state index >= 15 is 0 Å². The van der Waals surface area contributed by atoms with E-state index in [4.69, 9.17) is 9.47 Å². The predicted octanol–water partition coefficient (Wildman–Crippen LogP) is 6.04. The van der Waals surface area contributed by atoms with Crippen molar-refractivity contribution in [3.05, 3.63) is 45.6 Å². The number of amides is 2. The topological polar surface area (TPSA) is 148 Å². The maximum Gasteiger partial charge on any atom is 0.410 e. The largest absolute Gasteiger partial charge is 0.444 e. The van der Waals surface area contributed by atoms with Gasteiger partial charge in [0.25, 0.3) is 0 Å². The number of carbonyl (C=O) groups excluding carboxylic acids is 3. The lowest BCUT2D eigenvalue weighted by atomic mass is 9.82. The molecule has 4 bridgehead atoms. The van der Waals surface area contributed by atoms with Crippen molar-refractivity contribution in [2.75, 3.05) is 0 Å². The first-order valence-corrected chi connectivity index (χ1v) is 17.4. The number of rotatable bonds is 1. The second-order valence-corrected chi connectivity index (χ2v) is 15.9. The van der Waals surface area contributed by atoms with Gasteiger partial charge in [0, 0.05) is 74.6 Å². The van der Waals surface area contributed by atoms with E-state index in [0.717, 1.165) is 40.8 Å². The number of ketones is 1. The zero-order valence-electron chi connectivity index (χ0n) is 28.8. The van der Waals surface area contributed by atoms with E-state index in [-0.39, 0.29) is 42.1 Å². The molecular weight excluding hydrogens is 715 g/mol. The van der Waals surface area contributed by atoms with E-state index < -0.39 is 16.8 Å². The molecule has 4 aliphatic heterocycles. The molecule has 4 saturated heterocycles. The molecule has 0 saturated carbocycles. The normalized spacial score (nSPS) is 26.5. The smallest absolute Gasteiger partial charge is 0.410 e. The van der Waals surface area contributed by atoms with Crippen LogP contribution in [-0.2, 0) is 19.9 Å². The lowest BCUT2D eigenvalue weighted by molar-refractivity contribution is -0.123. The van der Waals surface area contributed by atoms with E-state index in [0.29, 0.717) is 31.4 Å². The summed E-state index contributed by atoms with van der Waals surface area (Å²) in [5.41, 5.74) is 0.404. The van der Waals surface area contributed by atoms with E-state index in [1.54, 1.807) is 29.7 Å². The summed E-state index contributed by atoms with van der Waals surface area (Å²) < 4.78 is 11.9. The molecule has 47 heavy (non-hydrogen) atoms. The van der Waals surface area contributed by atoms with Crippen molar-refractivity contribution in [1.29, 1.82) is 0 Å². The Morgan fingerprint density at radius 1 is 0.745 bits per heavy atom. The summed E-state index contributed by atoms with van der Waals surface area (Å²) >= 11 is 2.15. The summed E-state index contributed by atoms with van der Waals surface area (Å²) in [6.07, 6.45) is 11.8. The average Bonchev–Trinajstić information content (AvgIpc) is 3.40. The van der Waals surface area contributed by atoms with Gasteiger partial charge in [-0.15, -0.1) is 0 Å². The van der Waals surface area contributed by atoms with Crippen LogP contribution in [0.25, 0.3) is 0 Å². The lowest BCUT2D eigenvalue weighted by Gasteiger charge is -2.43. The van der Waals surface area contributed by atoms with Crippen LogP contribution in [0.4, 0.5) is 9.59 Å². The standard InChI is InChI=1S/C17H25N3O3.C12H19NO3.C5H5IN2/c1-11-14(19-8-7-18-11)17(22)9-12-5-6-13(10-17)20(12)15(21)23-16(2,3)4;1-12(2,3)16-11(15)13-8-4-5-9(13)7-10(14)6-8;1-4-5(6)8-3-2-7-4/h7-8,12-13,22H,5-6,9-10H2,1-4H3;8-9H,4-7H2,1-3H3;2-3H,1H3. The number of hydrogen-bond donors (Lipinski definition) is 1.